The van der Waals surface area contributed by atoms with Gasteiger partial charge in [-0.05, 0) is 71.3 Å². The molecule has 166 valence electrons. The van der Waals surface area contributed by atoms with E-state index in [0.717, 1.165) is 11.6 Å². The minimum Gasteiger partial charge on any atom is -0.294 e. The lowest BCUT2D eigenvalue weighted by molar-refractivity contribution is -0.130. The van der Waals surface area contributed by atoms with E-state index in [1.165, 1.54) is 18.2 Å². The first kappa shape index (κ1) is 22.2. The van der Waals surface area contributed by atoms with E-state index in [9.17, 15) is 19.2 Å². The van der Waals surface area contributed by atoms with E-state index in [1.54, 1.807) is 66.8 Å². The topological polar surface area (TPSA) is 68.3 Å². The van der Waals surface area contributed by atoms with Crippen LogP contribution in [0.3, 0.4) is 0 Å². The summed E-state index contributed by atoms with van der Waals surface area (Å²) in [6.07, 6.45) is 9.73. The van der Waals surface area contributed by atoms with E-state index in [1.807, 2.05) is 0 Å². The molecule has 0 radical (unpaired) electrons. The van der Waals surface area contributed by atoms with Gasteiger partial charge in [-0.2, -0.15) is 0 Å². The van der Waals surface area contributed by atoms with Crippen molar-refractivity contribution in [3.8, 4) is 0 Å². The van der Waals surface area contributed by atoms with Crippen molar-refractivity contribution >= 4 is 58.0 Å². The molecule has 5 rings (SSSR count). The van der Waals surface area contributed by atoms with Gasteiger partial charge in [0.15, 0.2) is 23.1 Å². The first-order valence-electron chi connectivity index (χ1n) is 10.5. The fraction of sp³-hybridized carbons (Fsp3) is 0.0714. The second-order valence-corrected chi connectivity index (χ2v) is 9.11. The highest BCUT2D eigenvalue weighted by atomic mass is 35.5. The summed E-state index contributed by atoms with van der Waals surface area (Å²) in [4.78, 5) is 52.7. The van der Waals surface area contributed by atoms with Crippen molar-refractivity contribution in [1.29, 1.82) is 0 Å². The van der Waals surface area contributed by atoms with Crippen LogP contribution in [0.2, 0.25) is 10.0 Å². The summed E-state index contributed by atoms with van der Waals surface area (Å²) in [5, 5.41) is 1.06. The predicted molar refractivity (Wildman–Crippen MR) is 131 cm³/mol. The maximum Gasteiger partial charge on any atom is 0.186 e. The normalized spacial score (nSPS) is 23.9. The van der Waals surface area contributed by atoms with Gasteiger partial charge in [-0.1, -0.05) is 59.6 Å². The molecule has 2 unspecified atom stereocenters. The summed E-state index contributed by atoms with van der Waals surface area (Å²) in [7, 11) is 0. The van der Waals surface area contributed by atoms with Crippen LogP contribution in [-0.2, 0) is 19.2 Å². The van der Waals surface area contributed by atoms with Gasteiger partial charge >= 0.3 is 0 Å². The molecule has 0 N–H and O–H groups in total. The molecule has 0 aromatic heterocycles. The van der Waals surface area contributed by atoms with Crippen molar-refractivity contribution < 1.29 is 19.2 Å². The van der Waals surface area contributed by atoms with Crippen molar-refractivity contribution in [2.45, 2.75) is 0 Å². The number of rotatable bonds is 3. The average molecular weight is 487 g/mol. The lowest BCUT2D eigenvalue weighted by Gasteiger charge is -2.43. The number of halogens is 2. The summed E-state index contributed by atoms with van der Waals surface area (Å²) >= 11 is 12.1. The van der Waals surface area contributed by atoms with E-state index in [4.69, 9.17) is 23.2 Å². The van der Waals surface area contributed by atoms with E-state index < -0.39 is 22.9 Å². The smallest absolute Gasteiger partial charge is 0.186 e. The van der Waals surface area contributed by atoms with Gasteiger partial charge in [0.2, 0.25) is 0 Å². The zero-order chi connectivity index (χ0) is 24.0. The summed E-state index contributed by atoms with van der Waals surface area (Å²) in [5.74, 6) is -2.77. The molecule has 0 amide bonds. The first-order chi connectivity index (χ1) is 16.3. The molecular weight excluding hydrogens is 471 g/mol. The molecular formula is C28H16Cl2O4. The molecule has 0 fully saturated rings. The second kappa shape index (κ2) is 8.32. The Labute approximate surface area is 205 Å². The van der Waals surface area contributed by atoms with Gasteiger partial charge in [0.1, 0.15) is 0 Å². The van der Waals surface area contributed by atoms with Crippen molar-refractivity contribution in [2.75, 3.05) is 0 Å². The molecule has 0 aliphatic heterocycles. The molecule has 0 saturated carbocycles. The maximum atomic E-state index is 13.7. The summed E-state index contributed by atoms with van der Waals surface area (Å²) < 4.78 is 0. The zero-order valence-corrected chi connectivity index (χ0v) is 19.1. The predicted octanol–water partition coefficient (Wildman–Crippen LogP) is 5.42. The Morgan fingerprint density at radius 1 is 0.735 bits per heavy atom. The Bertz CT molecular complexity index is 1420. The number of carbonyl (C=O) groups is 4. The Balaban J connectivity index is 1.81. The van der Waals surface area contributed by atoms with Gasteiger partial charge < -0.3 is 0 Å². The third kappa shape index (κ3) is 3.47. The quantitative estimate of drug-likeness (QED) is 0.543. The SMILES string of the molecule is O=C1C=CC(=O)C2=C1C=C(c1ccc(Cl)cc1)C1(/C=C/c3ccc(Cl)cc3)C(=O)C=CC(=O)C21. The monoisotopic (exact) mass is 486 g/mol. The van der Waals surface area contributed by atoms with Crippen molar-refractivity contribution in [2.24, 2.45) is 11.3 Å². The van der Waals surface area contributed by atoms with Crippen LogP contribution in [0, 0.1) is 11.3 Å². The van der Waals surface area contributed by atoms with Gasteiger partial charge in [0, 0.05) is 21.2 Å². The molecule has 0 saturated heterocycles. The van der Waals surface area contributed by atoms with E-state index in [0.29, 0.717) is 21.2 Å². The number of hydrogen-bond donors (Lipinski definition) is 0. The standard InChI is InChI=1S/C28H16Cl2O4/c29-18-5-1-16(2-6-18)13-14-28-21(17-3-7-19(30)8-4-17)15-20-22(31)9-10-23(32)26(20)27(28)24(33)11-12-25(28)34/h1-15,27H/b14-13+. The Morgan fingerprint density at radius 3 is 2.03 bits per heavy atom. The Kier molecular flexibility index (Phi) is 5.43. The van der Waals surface area contributed by atoms with Crippen molar-refractivity contribution in [3.05, 3.63) is 117 Å². The molecule has 34 heavy (non-hydrogen) atoms. The number of hydrogen-bond acceptors (Lipinski definition) is 4. The summed E-state index contributed by atoms with van der Waals surface area (Å²) in [5.41, 5.74) is 0.501. The van der Waals surface area contributed by atoms with Crippen LogP contribution in [0.4, 0.5) is 0 Å². The summed E-state index contributed by atoms with van der Waals surface area (Å²) in [6, 6.07) is 13.8. The Morgan fingerprint density at radius 2 is 1.35 bits per heavy atom. The van der Waals surface area contributed by atoms with Gasteiger partial charge in [-0.25, -0.2) is 0 Å². The number of benzene rings is 2. The third-order valence-corrected chi connectivity index (χ3v) is 6.84. The lowest BCUT2D eigenvalue weighted by atomic mass is 9.55. The van der Waals surface area contributed by atoms with Crippen molar-refractivity contribution in [1.82, 2.24) is 0 Å². The molecule has 0 heterocycles. The average Bonchev–Trinajstić information content (AvgIpc) is 2.83. The van der Waals surface area contributed by atoms with Crippen LogP contribution in [0.1, 0.15) is 11.1 Å². The molecule has 6 heteroatoms. The number of carbonyl (C=O) groups excluding carboxylic acids is 4. The Hall–Kier alpha value is -3.60. The highest BCUT2D eigenvalue weighted by Gasteiger charge is 2.56. The first-order valence-corrected chi connectivity index (χ1v) is 11.3. The fourth-order valence-corrected chi connectivity index (χ4v) is 5.00. The van der Waals surface area contributed by atoms with Crippen LogP contribution >= 0.6 is 23.2 Å². The van der Waals surface area contributed by atoms with Gasteiger partial charge in [0.05, 0.1) is 11.3 Å². The summed E-state index contributed by atoms with van der Waals surface area (Å²) in [6.45, 7) is 0. The molecule has 0 spiro atoms. The molecule has 2 atom stereocenters. The van der Waals surface area contributed by atoms with Crippen LogP contribution < -0.4 is 0 Å². The van der Waals surface area contributed by atoms with Crippen molar-refractivity contribution in [3.63, 3.8) is 0 Å². The largest absolute Gasteiger partial charge is 0.294 e. The number of ketones is 4. The van der Waals surface area contributed by atoms with E-state index in [-0.39, 0.29) is 22.7 Å². The molecule has 3 aliphatic rings. The zero-order valence-electron chi connectivity index (χ0n) is 17.6. The molecule has 3 aliphatic carbocycles. The highest BCUT2D eigenvalue weighted by Crippen LogP contribution is 2.54. The van der Waals surface area contributed by atoms with Gasteiger partial charge in [-0.3, -0.25) is 19.2 Å². The van der Waals surface area contributed by atoms with Crippen LogP contribution in [-0.4, -0.2) is 23.1 Å². The fourth-order valence-electron chi connectivity index (χ4n) is 4.74. The molecule has 4 nitrogen and oxygen atoms in total. The van der Waals surface area contributed by atoms with Crippen LogP contribution in [0.25, 0.3) is 11.6 Å². The number of allylic oxidation sites excluding steroid dienone is 9. The minimum atomic E-state index is -1.51. The van der Waals surface area contributed by atoms with Crippen LogP contribution in [0.15, 0.2) is 96.1 Å². The lowest BCUT2D eigenvalue weighted by Crippen LogP contribution is -2.48. The van der Waals surface area contributed by atoms with E-state index >= 15 is 0 Å². The van der Waals surface area contributed by atoms with Crippen LogP contribution in [0.5, 0.6) is 0 Å². The second-order valence-electron chi connectivity index (χ2n) is 8.24. The molecule has 2 aromatic rings. The van der Waals surface area contributed by atoms with E-state index in [2.05, 4.69) is 0 Å². The highest BCUT2D eigenvalue weighted by molar-refractivity contribution is 6.31. The van der Waals surface area contributed by atoms with Gasteiger partial charge in [-0.15, -0.1) is 0 Å². The third-order valence-electron chi connectivity index (χ3n) is 6.34. The van der Waals surface area contributed by atoms with Gasteiger partial charge in [0.25, 0.3) is 0 Å². The molecule has 2 aromatic carbocycles. The number of fused-ring (bicyclic) bond motifs is 2. The molecule has 0 bridgehead atoms. The minimum absolute atomic E-state index is 0.0497. The maximum absolute atomic E-state index is 13.7.